The van der Waals surface area contributed by atoms with Gasteiger partial charge in [-0.2, -0.15) is 0 Å². The zero-order valence-corrected chi connectivity index (χ0v) is 10.6. The number of hydrogen-bond acceptors (Lipinski definition) is 3. The summed E-state index contributed by atoms with van der Waals surface area (Å²) < 4.78 is 4.89. The molecule has 0 aliphatic carbocycles. The van der Waals surface area contributed by atoms with Gasteiger partial charge in [0.1, 0.15) is 0 Å². The van der Waals surface area contributed by atoms with E-state index >= 15 is 0 Å². The third-order valence-electron chi connectivity index (χ3n) is 2.28. The Balaban J connectivity index is 1.95. The molecule has 1 N–H and O–H groups in total. The van der Waals surface area contributed by atoms with Gasteiger partial charge >= 0.3 is 0 Å². The number of amides is 1. The zero-order valence-electron chi connectivity index (χ0n) is 9.02. The van der Waals surface area contributed by atoms with E-state index in [2.05, 4.69) is 26.4 Å². The SMILES string of the molecule is O=C(NCc1ccno1)c1ccc(CBr)cc1. The Bertz CT molecular complexity index is 480. The molecule has 0 unspecified atom stereocenters. The Kier molecular flexibility index (Phi) is 3.93. The van der Waals surface area contributed by atoms with Gasteiger partial charge in [0.15, 0.2) is 5.76 Å². The van der Waals surface area contributed by atoms with Gasteiger partial charge in [-0.1, -0.05) is 33.2 Å². The highest BCUT2D eigenvalue weighted by molar-refractivity contribution is 9.08. The molecule has 1 aromatic carbocycles. The second-order valence-electron chi connectivity index (χ2n) is 3.49. The molecule has 0 bridgehead atoms. The Morgan fingerprint density at radius 3 is 2.65 bits per heavy atom. The quantitative estimate of drug-likeness (QED) is 0.882. The van der Waals surface area contributed by atoms with Crippen molar-refractivity contribution in [1.29, 1.82) is 0 Å². The van der Waals surface area contributed by atoms with Gasteiger partial charge in [0, 0.05) is 17.0 Å². The van der Waals surface area contributed by atoms with E-state index in [0.29, 0.717) is 17.9 Å². The maximum Gasteiger partial charge on any atom is 0.251 e. The predicted octanol–water partition coefficient (Wildman–Crippen LogP) is 2.50. The van der Waals surface area contributed by atoms with Crippen molar-refractivity contribution in [3.63, 3.8) is 0 Å². The lowest BCUT2D eigenvalue weighted by atomic mass is 10.1. The number of benzene rings is 1. The van der Waals surface area contributed by atoms with Gasteiger partial charge in [-0.3, -0.25) is 4.79 Å². The summed E-state index contributed by atoms with van der Waals surface area (Å²) in [5, 5.41) is 7.10. The highest BCUT2D eigenvalue weighted by Gasteiger charge is 2.06. The Labute approximate surface area is 107 Å². The molecule has 0 aliphatic rings. The van der Waals surface area contributed by atoms with Crippen LogP contribution in [0.15, 0.2) is 41.1 Å². The average molecular weight is 295 g/mol. The van der Waals surface area contributed by atoms with Crippen molar-refractivity contribution in [2.75, 3.05) is 0 Å². The van der Waals surface area contributed by atoms with E-state index in [1.165, 1.54) is 0 Å². The lowest BCUT2D eigenvalue weighted by Gasteiger charge is -2.03. The standard InChI is InChI=1S/C12H11BrN2O2/c13-7-9-1-3-10(4-2-9)12(16)14-8-11-5-6-15-17-11/h1-6H,7-8H2,(H,14,16). The molecule has 0 saturated heterocycles. The number of halogens is 1. The normalized spacial score (nSPS) is 10.2. The molecule has 0 saturated carbocycles. The lowest BCUT2D eigenvalue weighted by Crippen LogP contribution is -2.22. The Morgan fingerprint density at radius 1 is 1.29 bits per heavy atom. The number of nitrogens with one attached hydrogen (secondary N) is 1. The third-order valence-corrected chi connectivity index (χ3v) is 2.93. The summed E-state index contributed by atoms with van der Waals surface area (Å²) >= 11 is 3.36. The van der Waals surface area contributed by atoms with E-state index in [-0.39, 0.29) is 5.91 Å². The molecule has 2 aromatic rings. The van der Waals surface area contributed by atoms with Crippen LogP contribution in [0.2, 0.25) is 0 Å². The molecule has 0 aliphatic heterocycles. The summed E-state index contributed by atoms with van der Waals surface area (Å²) in [6.07, 6.45) is 1.55. The van der Waals surface area contributed by atoms with E-state index in [1.54, 1.807) is 24.4 Å². The largest absolute Gasteiger partial charge is 0.360 e. The first-order chi connectivity index (χ1) is 8.29. The van der Waals surface area contributed by atoms with Crippen LogP contribution in [-0.2, 0) is 11.9 Å². The molecule has 1 heterocycles. The number of alkyl halides is 1. The zero-order chi connectivity index (χ0) is 12.1. The molecule has 4 nitrogen and oxygen atoms in total. The molecule has 0 atom stereocenters. The van der Waals surface area contributed by atoms with Crippen LogP contribution in [0.1, 0.15) is 21.7 Å². The maximum absolute atomic E-state index is 11.8. The van der Waals surface area contributed by atoms with Gasteiger partial charge < -0.3 is 9.84 Å². The number of carbonyl (C=O) groups is 1. The van der Waals surface area contributed by atoms with Crippen LogP contribution in [0.25, 0.3) is 0 Å². The van der Waals surface area contributed by atoms with Gasteiger partial charge in [0.2, 0.25) is 0 Å². The van der Waals surface area contributed by atoms with Crippen molar-refractivity contribution in [1.82, 2.24) is 10.5 Å². The predicted molar refractivity (Wildman–Crippen MR) is 66.7 cm³/mol. The minimum absolute atomic E-state index is 0.123. The van der Waals surface area contributed by atoms with Crippen LogP contribution >= 0.6 is 15.9 Å². The summed E-state index contributed by atoms with van der Waals surface area (Å²) in [7, 11) is 0. The number of carbonyl (C=O) groups excluding carboxylic acids is 1. The van der Waals surface area contributed by atoms with Crippen molar-refractivity contribution >= 4 is 21.8 Å². The van der Waals surface area contributed by atoms with E-state index in [0.717, 1.165) is 10.9 Å². The van der Waals surface area contributed by atoms with Gasteiger partial charge in [-0.15, -0.1) is 0 Å². The lowest BCUT2D eigenvalue weighted by molar-refractivity contribution is 0.0947. The van der Waals surface area contributed by atoms with E-state index in [9.17, 15) is 4.79 Å². The van der Waals surface area contributed by atoms with Gasteiger partial charge in [-0.25, -0.2) is 0 Å². The van der Waals surface area contributed by atoms with Crippen LogP contribution < -0.4 is 5.32 Å². The Hall–Kier alpha value is -1.62. The van der Waals surface area contributed by atoms with Gasteiger partial charge in [-0.05, 0) is 17.7 Å². The first-order valence-electron chi connectivity index (χ1n) is 5.12. The molecule has 0 spiro atoms. The summed E-state index contributed by atoms with van der Waals surface area (Å²) in [5.41, 5.74) is 1.77. The monoisotopic (exact) mass is 294 g/mol. The fraction of sp³-hybridized carbons (Fsp3) is 0.167. The summed E-state index contributed by atoms with van der Waals surface area (Å²) in [4.78, 5) is 11.8. The molecule has 0 fully saturated rings. The third kappa shape index (κ3) is 3.17. The van der Waals surface area contributed by atoms with Crippen LogP contribution in [0.5, 0.6) is 0 Å². The first kappa shape index (κ1) is 11.9. The molecular weight excluding hydrogens is 284 g/mol. The highest BCUT2D eigenvalue weighted by Crippen LogP contribution is 2.08. The van der Waals surface area contributed by atoms with E-state index in [4.69, 9.17) is 4.52 Å². The molecule has 2 rings (SSSR count). The molecule has 1 amide bonds. The first-order valence-corrected chi connectivity index (χ1v) is 6.24. The van der Waals surface area contributed by atoms with Crippen molar-refractivity contribution in [2.45, 2.75) is 11.9 Å². The number of rotatable bonds is 4. The second kappa shape index (κ2) is 5.63. The highest BCUT2D eigenvalue weighted by atomic mass is 79.9. The smallest absolute Gasteiger partial charge is 0.251 e. The summed E-state index contributed by atoms with van der Waals surface area (Å²) in [6, 6.07) is 9.14. The van der Waals surface area contributed by atoms with Crippen LogP contribution in [0.4, 0.5) is 0 Å². The maximum atomic E-state index is 11.8. The van der Waals surface area contributed by atoms with Crippen LogP contribution in [-0.4, -0.2) is 11.1 Å². The number of aromatic nitrogens is 1. The van der Waals surface area contributed by atoms with Crippen molar-refractivity contribution in [3.8, 4) is 0 Å². The summed E-state index contributed by atoms with van der Waals surface area (Å²) in [5.74, 6) is 0.512. The van der Waals surface area contributed by atoms with Crippen LogP contribution in [0, 0.1) is 0 Å². The van der Waals surface area contributed by atoms with E-state index in [1.807, 2.05) is 12.1 Å². The van der Waals surface area contributed by atoms with Crippen molar-refractivity contribution < 1.29 is 9.32 Å². The fourth-order valence-corrected chi connectivity index (χ4v) is 1.72. The summed E-state index contributed by atoms with van der Waals surface area (Å²) in [6.45, 7) is 0.346. The molecule has 5 heteroatoms. The number of nitrogens with zero attached hydrogens (tertiary/aromatic N) is 1. The molecule has 1 aromatic heterocycles. The minimum Gasteiger partial charge on any atom is -0.360 e. The van der Waals surface area contributed by atoms with Crippen LogP contribution in [0.3, 0.4) is 0 Å². The molecule has 17 heavy (non-hydrogen) atoms. The second-order valence-corrected chi connectivity index (χ2v) is 4.05. The van der Waals surface area contributed by atoms with Gasteiger partial charge in [0.25, 0.3) is 5.91 Å². The minimum atomic E-state index is -0.123. The van der Waals surface area contributed by atoms with E-state index < -0.39 is 0 Å². The average Bonchev–Trinajstić information content (AvgIpc) is 2.89. The molecule has 0 radical (unpaired) electrons. The van der Waals surface area contributed by atoms with Gasteiger partial charge in [0.05, 0.1) is 12.7 Å². The number of hydrogen-bond donors (Lipinski definition) is 1. The molecular formula is C12H11BrN2O2. The molecule has 88 valence electrons. The van der Waals surface area contributed by atoms with Crippen molar-refractivity contribution in [3.05, 3.63) is 53.4 Å². The topological polar surface area (TPSA) is 55.1 Å². The Morgan fingerprint density at radius 2 is 2.06 bits per heavy atom. The van der Waals surface area contributed by atoms with Crippen molar-refractivity contribution in [2.24, 2.45) is 0 Å². The fourth-order valence-electron chi connectivity index (χ4n) is 1.35.